The summed E-state index contributed by atoms with van der Waals surface area (Å²) in [7, 11) is -1.22. The molecule has 0 radical (unpaired) electrons. The van der Waals surface area contributed by atoms with Crippen LogP contribution in [0.1, 0.15) is 23.6 Å². The molecule has 0 saturated carbocycles. The third-order valence-corrected chi connectivity index (χ3v) is 9.81. The van der Waals surface area contributed by atoms with Gasteiger partial charge < -0.3 is 19.7 Å². The number of sulfonamides is 1. The summed E-state index contributed by atoms with van der Waals surface area (Å²) in [4.78, 5) is 29.6. The van der Waals surface area contributed by atoms with E-state index in [4.69, 9.17) is 9.47 Å². The molecule has 11 heteroatoms. The second-order valence-electron chi connectivity index (χ2n) is 10.6. The molecular weight excluding hydrogens is 670 g/mol. The summed E-state index contributed by atoms with van der Waals surface area (Å²) in [6.45, 7) is 3.56. The van der Waals surface area contributed by atoms with Gasteiger partial charge in [-0.1, -0.05) is 60.2 Å². The van der Waals surface area contributed by atoms with Crippen LogP contribution < -0.4 is 19.1 Å². The first kappa shape index (κ1) is 34.5. The molecule has 0 heterocycles. The van der Waals surface area contributed by atoms with Crippen molar-refractivity contribution in [1.29, 1.82) is 0 Å². The van der Waals surface area contributed by atoms with Gasteiger partial charge >= 0.3 is 0 Å². The minimum Gasteiger partial charge on any atom is -0.497 e. The SMILES string of the molecule is CCNC(=O)[C@@H](Cc1ccccc1)N(Cc1cccc(OC)c1)C(=O)CN(c1ccc(C)cc1)S(=O)(=O)c1ccc(OC)c(Br)c1. The molecule has 4 rings (SSSR count). The standard InChI is InChI=1S/C35H38BrN3O6S/c1-5-37-35(41)32(21-26-10-7-6-8-11-26)38(23-27-12-9-13-29(20-27)44-3)34(40)24-39(28-16-14-25(2)15-17-28)46(42,43)30-18-19-33(45-4)31(36)22-30/h6-20,22,32H,5,21,23-24H2,1-4H3,(H,37,41)/t32-/m1/s1. The zero-order valence-electron chi connectivity index (χ0n) is 26.3. The molecule has 0 bridgehead atoms. The maximum atomic E-state index is 14.5. The first-order valence-corrected chi connectivity index (χ1v) is 17.0. The molecule has 0 aliphatic rings. The Morgan fingerprint density at radius 3 is 2.20 bits per heavy atom. The number of likely N-dealkylation sites (N-methyl/N-ethyl adjacent to an activating group) is 1. The number of benzene rings is 4. The molecule has 0 spiro atoms. The van der Waals surface area contributed by atoms with Gasteiger partial charge in [0.1, 0.15) is 24.1 Å². The zero-order chi connectivity index (χ0) is 33.3. The van der Waals surface area contributed by atoms with Crippen LogP contribution in [0.3, 0.4) is 0 Å². The molecule has 0 saturated heterocycles. The number of halogens is 1. The predicted octanol–water partition coefficient (Wildman–Crippen LogP) is 5.75. The predicted molar refractivity (Wildman–Crippen MR) is 183 cm³/mol. The van der Waals surface area contributed by atoms with Gasteiger partial charge in [0.15, 0.2) is 0 Å². The second kappa shape index (κ2) is 15.8. The molecule has 4 aromatic rings. The van der Waals surface area contributed by atoms with Crippen molar-refractivity contribution in [2.24, 2.45) is 0 Å². The van der Waals surface area contributed by atoms with Crippen LogP contribution in [0.2, 0.25) is 0 Å². The highest BCUT2D eigenvalue weighted by molar-refractivity contribution is 9.10. The molecular formula is C35H38BrN3O6S. The van der Waals surface area contributed by atoms with Crippen LogP contribution in [0, 0.1) is 6.92 Å². The molecule has 242 valence electrons. The van der Waals surface area contributed by atoms with Gasteiger partial charge in [-0.05, 0) is 83.4 Å². The van der Waals surface area contributed by atoms with Crippen molar-refractivity contribution in [3.63, 3.8) is 0 Å². The fraction of sp³-hybridized carbons (Fsp3) is 0.257. The Morgan fingerprint density at radius 1 is 0.870 bits per heavy atom. The van der Waals surface area contributed by atoms with Crippen LogP contribution >= 0.6 is 15.9 Å². The number of anilines is 1. The summed E-state index contributed by atoms with van der Waals surface area (Å²) in [6, 6.07) is 27.0. The summed E-state index contributed by atoms with van der Waals surface area (Å²) in [5.74, 6) is 0.168. The smallest absolute Gasteiger partial charge is 0.264 e. The van der Waals surface area contributed by atoms with E-state index in [2.05, 4.69) is 21.2 Å². The molecule has 1 atom stereocenters. The molecule has 2 amide bonds. The van der Waals surface area contributed by atoms with Crippen molar-refractivity contribution in [1.82, 2.24) is 10.2 Å². The van der Waals surface area contributed by atoms with Gasteiger partial charge in [0.25, 0.3) is 10.0 Å². The fourth-order valence-electron chi connectivity index (χ4n) is 4.99. The number of ether oxygens (including phenoxy) is 2. The van der Waals surface area contributed by atoms with E-state index >= 15 is 0 Å². The number of rotatable bonds is 14. The topological polar surface area (TPSA) is 105 Å². The van der Waals surface area contributed by atoms with E-state index < -0.39 is 28.5 Å². The molecule has 0 aliphatic carbocycles. The first-order chi connectivity index (χ1) is 22.1. The molecule has 1 N–H and O–H groups in total. The maximum absolute atomic E-state index is 14.5. The fourth-order valence-corrected chi connectivity index (χ4v) is 7.12. The Hall–Kier alpha value is -4.35. The second-order valence-corrected chi connectivity index (χ2v) is 13.3. The molecule has 0 aromatic heterocycles. The van der Waals surface area contributed by atoms with Crippen molar-refractivity contribution in [3.05, 3.63) is 118 Å². The van der Waals surface area contributed by atoms with Crippen molar-refractivity contribution in [2.75, 3.05) is 31.6 Å². The average Bonchev–Trinajstić information content (AvgIpc) is 3.06. The number of carbonyl (C=O) groups is 2. The Bertz CT molecular complexity index is 1750. The Labute approximate surface area is 279 Å². The van der Waals surface area contributed by atoms with Gasteiger partial charge in [0.2, 0.25) is 11.8 Å². The number of hydrogen-bond acceptors (Lipinski definition) is 6. The van der Waals surface area contributed by atoms with Gasteiger partial charge in [0.05, 0.1) is 29.3 Å². The lowest BCUT2D eigenvalue weighted by atomic mass is 10.0. The highest BCUT2D eigenvalue weighted by Crippen LogP contribution is 2.31. The summed E-state index contributed by atoms with van der Waals surface area (Å²) in [6.07, 6.45) is 0.227. The van der Waals surface area contributed by atoms with Crippen LogP contribution in [0.15, 0.2) is 106 Å². The lowest BCUT2D eigenvalue weighted by Gasteiger charge is -2.34. The molecule has 0 aliphatic heterocycles. The first-order valence-electron chi connectivity index (χ1n) is 14.7. The van der Waals surface area contributed by atoms with Crippen molar-refractivity contribution < 1.29 is 27.5 Å². The van der Waals surface area contributed by atoms with Crippen LogP contribution in [0.4, 0.5) is 5.69 Å². The van der Waals surface area contributed by atoms with E-state index in [1.54, 1.807) is 55.6 Å². The monoisotopic (exact) mass is 707 g/mol. The van der Waals surface area contributed by atoms with Crippen molar-refractivity contribution >= 4 is 43.5 Å². The summed E-state index contributed by atoms with van der Waals surface area (Å²) in [5, 5.41) is 2.87. The lowest BCUT2D eigenvalue weighted by molar-refractivity contribution is -0.140. The van der Waals surface area contributed by atoms with Gasteiger partial charge in [-0.2, -0.15) is 0 Å². The molecule has 0 unspecified atom stereocenters. The van der Waals surface area contributed by atoms with E-state index in [1.807, 2.05) is 50.2 Å². The van der Waals surface area contributed by atoms with Crippen molar-refractivity contribution in [3.8, 4) is 11.5 Å². The van der Waals surface area contributed by atoms with E-state index in [9.17, 15) is 18.0 Å². The number of carbonyl (C=O) groups excluding carboxylic acids is 2. The number of methoxy groups -OCH3 is 2. The Morgan fingerprint density at radius 2 is 1.57 bits per heavy atom. The van der Waals surface area contributed by atoms with E-state index in [1.165, 1.54) is 24.1 Å². The van der Waals surface area contributed by atoms with Crippen molar-refractivity contribution in [2.45, 2.75) is 37.8 Å². The van der Waals surface area contributed by atoms with Gasteiger partial charge in [0, 0.05) is 19.5 Å². The number of nitrogens with zero attached hydrogens (tertiary/aromatic N) is 2. The minimum absolute atomic E-state index is 0.0301. The molecule has 4 aromatic carbocycles. The van der Waals surface area contributed by atoms with E-state index in [0.29, 0.717) is 28.2 Å². The van der Waals surface area contributed by atoms with Crippen LogP contribution in [0.25, 0.3) is 0 Å². The number of nitrogens with one attached hydrogen (secondary N) is 1. The highest BCUT2D eigenvalue weighted by atomic mass is 79.9. The van der Waals surface area contributed by atoms with Gasteiger partial charge in [-0.25, -0.2) is 8.42 Å². The summed E-state index contributed by atoms with van der Waals surface area (Å²) >= 11 is 3.38. The number of hydrogen-bond donors (Lipinski definition) is 1. The number of aryl methyl sites for hydroxylation is 1. The molecule has 0 fully saturated rings. The third kappa shape index (κ3) is 8.46. The average molecular weight is 709 g/mol. The zero-order valence-corrected chi connectivity index (χ0v) is 28.7. The summed E-state index contributed by atoms with van der Waals surface area (Å²) in [5.41, 5.74) is 2.82. The minimum atomic E-state index is -4.26. The van der Waals surface area contributed by atoms with Crippen LogP contribution in [-0.4, -0.2) is 58.5 Å². The largest absolute Gasteiger partial charge is 0.497 e. The van der Waals surface area contributed by atoms with Crippen LogP contribution in [-0.2, 0) is 32.6 Å². The van der Waals surface area contributed by atoms with Gasteiger partial charge in [-0.15, -0.1) is 0 Å². The normalized spacial score (nSPS) is 11.8. The summed E-state index contributed by atoms with van der Waals surface area (Å²) < 4.78 is 40.8. The van der Waals surface area contributed by atoms with E-state index in [-0.39, 0.29) is 23.8 Å². The third-order valence-electron chi connectivity index (χ3n) is 7.42. The number of amides is 2. The Balaban J connectivity index is 1.81. The lowest BCUT2D eigenvalue weighted by Crippen LogP contribution is -2.53. The van der Waals surface area contributed by atoms with E-state index in [0.717, 1.165) is 21.0 Å². The Kier molecular flexibility index (Phi) is 11.8. The molecule has 46 heavy (non-hydrogen) atoms. The highest BCUT2D eigenvalue weighted by Gasteiger charge is 2.34. The van der Waals surface area contributed by atoms with Crippen LogP contribution in [0.5, 0.6) is 11.5 Å². The maximum Gasteiger partial charge on any atom is 0.264 e. The van der Waals surface area contributed by atoms with Gasteiger partial charge in [-0.3, -0.25) is 13.9 Å². The quantitative estimate of drug-likeness (QED) is 0.179. The molecule has 9 nitrogen and oxygen atoms in total.